The van der Waals surface area contributed by atoms with Gasteiger partial charge in [0.2, 0.25) is 11.9 Å². The quantitative estimate of drug-likeness (QED) is 0.656. The second-order valence-corrected chi connectivity index (χ2v) is 9.22. The number of halogens is 1. The van der Waals surface area contributed by atoms with E-state index < -0.39 is 0 Å². The molecular weight excluding hydrogens is 421 g/mol. The van der Waals surface area contributed by atoms with Gasteiger partial charge in [-0.1, -0.05) is 0 Å². The predicted octanol–water partition coefficient (Wildman–Crippen LogP) is 2.93. The Morgan fingerprint density at radius 2 is 1.79 bits per heavy atom. The first-order valence-electron chi connectivity index (χ1n) is 11.7. The van der Waals surface area contributed by atoms with Crippen LogP contribution in [0.3, 0.4) is 0 Å². The molecule has 0 atom stereocenters. The van der Waals surface area contributed by atoms with E-state index in [0.717, 1.165) is 75.3 Å². The van der Waals surface area contributed by atoms with Gasteiger partial charge in [-0.15, -0.1) is 0 Å². The van der Waals surface area contributed by atoms with Crippen LogP contribution in [0.5, 0.6) is 0 Å². The zero-order chi connectivity index (χ0) is 22.9. The maximum atomic E-state index is 13.6. The molecule has 2 saturated heterocycles. The molecule has 3 aromatic rings. The van der Waals surface area contributed by atoms with Gasteiger partial charge in [-0.3, -0.25) is 9.69 Å². The van der Waals surface area contributed by atoms with E-state index in [9.17, 15) is 9.18 Å². The van der Waals surface area contributed by atoms with Gasteiger partial charge in [0.1, 0.15) is 11.6 Å². The Balaban J connectivity index is 1.15. The smallest absolute Gasteiger partial charge is 0.225 e. The van der Waals surface area contributed by atoms with E-state index in [4.69, 9.17) is 5.73 Å². The van der Waals surface area contributed by atoms with Gasteiger partial charge in [0.25, 0.3) is 0 Å². The lowest BCUT2D eigenvalue weighted by molar-refractivity contribution is -0.138. The molecule has 2 aromatic heterocycles. The molecule has 0 unspecified atom stereocenters. The third kappa shape index (κ3) is 4.55. The van der Waals surface area contributed by atoms with Crippen LogP contribution >= 0.6 is 0 Å². The average molecular weight is 452 g/mol. The van der Waals surface area contributed by atoms with Crippen molar-refractivity contribution in [2.45, 2.75) is 45.2 Å². The Morgan fingerprint density at radius 1 is 1.09 bits per heavy atom. The summed E-state index contributed by atoms with van der Waals surface area (Å²) in [4.78, 5) is 30.2. The number of piperidine rings is 2. The molecule has 2 fully saturated rings. The number of likely N-dealkylation sites (tertiary alicyclic amines) is 2. The number of carbonyl (C=O) groups excluding carboxylic acids is 1. The topological polar surface area (TPSA) is 93.2 Å². The summed E-state index contributed by atoms with van der Waals surface area (Å²) in [6, 6.07) is 5.08. The first-order valence-corrected chi connectivity index (χ1v) is 11.7. The number of hydrogen-bond acceptors (Lipinski definition) is 6. The first kappa shape index (κ1) is 21.8. The van der Waals surface area contributed by atoms with E-state index in [1.165, 1.54) is 12.1 Å². The fraction of sp³-hybridized carbons (Fsp3) is 0.500. The summed E-state index contributed by atoms with van der Waals surface area (Å²) in [5.74, 6) is 1.31. The number of aryl methyl sites for hydroxylation is 1. The Hall–Kier alpha value is -3.07. The summed E-state index contributed by atoms with van der Waals surface area (Å²) in [5, 5.41) is 0. The lowest BCUT2D eigenvalue weighted by atomic mass is 9.93. The molecule has 8 nitrogen and oxygen atoms in total. The SMILES string of the molecule is Cc1nc2cc(F)ccc2n1C1CCN(C(=O)C2CCN(Cc3cnc(N)nc3)CC2)CC1. The highest BCUT2D eigenvalue weighted by Crippen LogP contribution is 2.30. The summed E-state index contributed by atoms with van der Waals surface area (Å²) in [5.41, 5.74) is 8.27. The Labute approximate surface area is 192 Å². The van der Waals surface area contributed by atoms with Crippen molar-refractivity contribution in [1.82, 2.24) is 29.3 Å². The minimum Gasteiger partial charge on any atom is -0.368 e. The number of nitrogens with two attached hydrogens (primary N) is 1. The van der Waals surface area contributed by atoms with Crippen LogP contribution in [-0.2, 0) is 11.3 Å². The van der Waals surface area contributed by atoms with Gasteiger partial charge in [0.15, 0.2) is 0 Å². The van der Waals surface area contributed by atoms with Gasteiger partial charge in [-0.2, -0.15) is 0 Å². The van der Waals surface area contributed by atoms with Gasteiger partial charge < -0.3 is 15.2 Å². The van der Waals surface area contributed by atoms with Crippen molar-refractivity contribution >= 4 is 22.9 Å². The van der Waals surface area contributed by atoms with Gasteiger partial charge in [-0.05, 0) is 57.8 Å². The number of imidazole rings is 1. The van der Waals surface area contributed by atoms with Crippen molar-refractivity contribution in [3.05, 3.63) is 47.8 Å². The molecule has 0 spiro atoms. The lowest BCUT2D eigenvalue weighted by Gasteiger charge is -2.38. The maximum Gasteiger partial charge on any atom is 0.225 e. The van der Waals surface area contributed by atoms with Crippen LogP contribution in [0.15, 0.2) is 30.6 Å². The number of nitrogen functional groups attached to an aromatic ring is 1. The Morgan fingerprint density at radius 3 is 2.48 bits per heavy atom. The Kier molecular flexibility index (Phi) is 5.97. The molecule has 2 aliphatic heterocycles. The van der Waals surface area contributed by atoms with Crippen LogP contribution < -0.4 is 5.73 Å². The first-order chi connectivity index (χ1) is 16.0. The van der Waals surface area contributed by atoms with E-state index >= 15 is 0 Å². The number of hydrogen-bond donors (Lipinski definition) is 1. The van der Waals surface area contributed by atoms with Crippen molar-refractivity contribution in [3.8, 4) is 0 Å². The third-order valence-electron chi connectivity index (χ3n) is 7.04. The third-order valence-corrected chi connectivity index (χ3v) is 7.04. The van der Waals surface area contributed by atoms with Crippen molar-refractivity contribution in [3.63, 3.8) is 0 Å². The second kappa shape index (κ2) is 9.05. The molecule has 1 aromatic carbocycles. The molecular formula is C24H30FN7O. The number of anilines is 1. The molecule has 1 amide bonds. The zero-order valence-electron chi connectivity index (χ0n) is 19.0. The normalized spacial score (nSPS) is 18.8. The molecule has 0 saturated carbocycles. The van der Waals surface area contributed by atoms with Gasteiger partial charge in [0.05, 0.1) is 11.0 Å². The van der Waals surface area contributed by atoms with E-state index in [0.29, 0.717) is 11.4 Å². The van der Waals surface area contributed by atoms with Crippen molar-refractivity contribution < 1.29 is 9.18 Å². The van der Waals surface area contributed by atoms with Crippen LogP contribution in [0.1, 0.15) is 43.1 Å². The van der Waals surface area contributed by atoms with E-state index in [2.05, 4.69) is 24.4 Å². The Bertz CT molecular complexity index is 1130. The van der Waals surface area contributed by atoms with Gasteiger partial charge in [-0.25, -0.2) is 19.3 Å². The molecule has 33 heavy (non-hydrogen) atoms. The number of fused-ring (bicyclic) bond motifs is 1. The summed E-state index contributed by atoms with van der Waals surface area (Å²) < 4.78 is 15.8. The number of nitrogens with zero attached hydrogens (tertiary/aromatic N) is 6. The fourth-order valence-corrected chi connectivity index (χ4v) is 5.30. The molecule has 0 aliphatic carbocycles. The van der Waals surface area contributed by atoms with E-state index in [-0.39, 0.29) is 23.7 Å². The van der Waals surface area contributed by atoms with Crippen LogP contribution in [0.2, 0.25) is 0 Å². The van der Waals surface area contributed by atoms with Crippen LogP contribution in [0, 0.1) is 18.7 Å². The van der Waals surface area contributed by atoms with Gasteiger partial charge >= 0.3 is 0 Å². The van der Waals surface area contributed by atoms with E-state index in [1.54, 1.807) is 12.4 Å². The van der Waals surface area contributed by atoms with Crippen molar-refractivity contribution in [2.75, 3.05) is 31.9 Å². The second-order valence-electron chi connectivity index (χ2n) is 9.22. The molecule has 2 N–H and O–H groups in total. The monoisotopic (exact) mass is 451 g/mol. The van der Waals surface area contributed by atoms with Crippen LogP contribution in [0.4, 0.5) is 10.3 Å². The van der Waals surface area contributed by atoms with Crippen LogP contribution in [0.25, 0.3) is 11.0 Å². The molecule has 5 rings (SSSR count). The molecule has 0 radical (unpaired) electrons. The summed E-state index contributed by atoms with van der Waals surface area (Å²) in [7, 11) is 0. The standard InChI is InChI=1S/C24H30FN7O/c1-16-29-21-12-19(25)2-3-22(21)32(16)20-6-10-31(11-7-20)23(33)18-4-8-30(9-5-18)15-17-13-27-24(26)28-14-17/h2-3,12-14,18,20H,4-11,15H2,1H3,(H2,26,27,28). The lowest BCUT2D eigenvalue weighted by Crippen LogP contribution is -2.45. The number of benzene rings is 1. The molecule has 4 heterocycles. The minimum atomic E-state index is -0.264. The fourth-order valence-electron chi connectivity index (χ4n) is 5.30. The summed E-state index contributed by atoms with van der Waals surface area (Å²) >= 11 is 0. The van der Waals surface area contributed by atoms with E-state index in [1.807, 2.05) is 17.9 Å². The van der Waals surface area contributed by atoms with Crippen molar-refractivity contribution in [2.24, 2.45) is 5.92 Å². The number of rotatable bonds is 4. The summed E-state index contributed by atoms with van der Waals surface area (Å²) in [6.07, 6.45) is 7.09. The number of amides is 1. The van der Waals surface area contributed by atoms with Gasteiger partial charge in [0, 0.05) is 55.6 Å². The number of aromatic nitrogens is 4. The van der Waals surface area contributed by atoms with Crippen LogP contribution in [-0.4, -0.2) is 61.4 Å². The maximum absolute atomic E-state index is 13.6. The molecule has 9 heteroatoms. The zero-order valence-corrected chi connectivity index (χ0v) is 19.0. The highest BCUT2D eigenvalue weighted by molar-refractivity contribution is 5.79. The number of carbonyl (C=O) groups is 1. The average Bonchev–Trinajstić information content (AvgIpc) is 3.15. The summed E-state index contributed by atoms with van der Waals surface area (Å²) in [6.45, 7) is 6.07. The highest BCUT2D eigenvalue weighted by atomic mass is 19.1. The highest BCUT2D eigenvalue weighted by Gasteiger charge is 2.32. The molecule has 174 valence electrons. The largest absolute Gasteiger partial charge is 0.368 e. The molecule has 0 bridgehead atoms. The predicted molar refractivity (Wildman–Crippen MR) is 124 cm³/mol. The van der Waals surface area contributed by atoms with Crippen molar-refractivity contribution in [1.29, 1.82) is 0 Å². The molecule has 2 aliphatic rings. The minimum absolute atomic E-state index is 0.0965.